The second kappa shape index (κ2) is 4.72. The van der Waals surface area contributed by atoms with E-state index in [0.29, 0.717) is 5.69 Å². The molecule has 0 bridgehead atoms. The summed E-state index contributed by atoms with van der Waals surface area (Å²) in [7, 11) is 0. The average Bonchev–Trinajstić information content (AvgIpc) is 2.85. The molecule has 0 spiro atoms. The van der Waals surface area contributed by atoms with Crippen LogP contribution in [-0.4, -0.2) is 9.78 Å². The minimum absolute atomic E-state index is 0.0216. The molecule has 3 nitrogen and oxygen atoms in total. The van der Waals surface area contributed by atoms with E-state index in [4.69, 9.17) is 11.6 Å². The molecule has 2 aromatic rings. The minimum Gasteiger partial charge on any atom is -0.294 e. The lowest BCUT2D eigenvalue weighted by Crippen LogP contribution is -2.36. The molecule has 0 fully saturated rings. The molecule has 0 unspecified atom stereocenters. The van der Waals surface area contributed by atoms with Gasteiger partial charge in [-0.3, -0.25) is 9.89 Å². The molecule has 1 heterocycles. The summed E-state index contributed by atoms with van der Waals surface area (Å²) in [6, 6.07) is 4.06. The first kappa shape index (κ1) is 15.3. The monoisotopic (exact) mass is 322 g/mol. The third-order valence-electron chi connectivity index (χ3n) is 5.51. The van der Waals surface area contributed by atoms with Gasteiger partial charge in [0.1, 0.15) is 5.82 Å². The fourth-order valence-electron chi connectivity index (χ4n) is 3.56. The van der Waals surface area contributed by atoms with Crippen LogP contribution in [0.4, 0.5) is 4.39 Å². The highest BCUT2D eigenvalue weighted by atomic mass is 35.5. The van der Waals surface area contributed by atoms with Crippen LogP contribution in [0.5, 0.6) is 0 Å². The van der Waals surface area contributed by atoms with E-state index in [9.17, 15) is 9.18 Å². The number of aromatic nitrogens is 2. The number of H-pyrrole nitrogens is 1. The lowest BCUT2D eigenvalue weighted by molar-refractivity contribution is 0.191. The largest absolute Gasteiger partial charge is 0.294 e. The van der Waals surface area contributed by atoms with Crippen molar-refractivity contribution in [3.8, 4) is 5.69 Å². The Labute approximate surface area is 134 Å². The fraction of sp³-hybridized carbons (Fsp3) is 0.471. The molecule has 22 heavy (non-hydrogen) atoms. The highest BCUT2D eigenvalue weighted by Gasteiger charge is 2.50. The lowest BCUT2D eigenvalue weighted by atomic mass is 9.67. The highest BCUT2D eigenvalue weighted by Crippen LogP contribution is 2.51. The van der Waals surface area contributed by atoms with E-state index in [0.717, 1.165) is 24.1 Å². The molecule has 1 aromatic carbocycles. The van der Waals surface area contributed by atoms with Crippen LogP contribution in [0.1, 0.15) is 45.4 Å². The van der Waals surface area contributed by atoms with Gasteiger partial charge in [-0.2, -0.15) is 0 Å². The first-order valence-electron chi connectivity index (χ1n) is 7.51. The fourth-order valence-corrected chi connectivity index (χ4v) is 3.81. The summed E-state index contributed by atoms with van der Waals surface area (Å²) in [5, 5.41) is 3.45. The maximum absolute atomic E-state index is 13.2. The smallest absolute Gasteiger partial charge is 0.274 e. The quantitative estimate of drug-likeness (QED) is 0.883. The van der Waals surface area contributed by atoms with Crippen molar-refractivity contribution in [2.45, 2.75) is 46.0 Å². The van der Waals surface area contributed by atoms with Crippen LogP contribution in [0.25, 0.3) is 5.69 Å². The zero-order valence-electron chi connectivity index (χ0n) is 13.3. The molecule has 1 N–H and O–H groups in total. The highest BCUT2D eigenvalue weighted by molar-refractivity contribution is 6.32. The third-order valence-corrected chi connectivity index (χ3v) is 5.81. The van der Waals surface area contributed by atoms with Crippen LogP contribution in [0.15, 0.2) is 23.0 Å². The second-order valence-electron chi connectivity index (χ2n) is 6.95. The summed E-state index contributed by atoms with van der Waals surface area (Å²) in [6.45, 7) is 8.71. The van der Waals surface area contributed by atoms with Crippen LogP contribution < -0.4 is 5.56 Å². The Bertz CT molecular complexity index is 805. The first-order valence-corrected chi connectivity index (χ1v) is 7.89. The standard InChI is InChI=1S/C17H20ClFN2O/c1-5-17(4)14-11(9-16(17,2)3)15(22)21(20-14)13-7-6-10(19)8-12(13)18/h6-8,20H,5,9H2,1-4H3/t17-/m0/s1. The summed E-state index contributed by atoms with van der Waals surface area (Å²) in [4.78, 5) is 12.8. The summed E-state index contributed by atoms with van der Waals surface area (Å²) in [6.07, 6.45) is 1.66. The van der Waals surface area contributed by atoms with Gasteiger partial charge in [-0.15, -0.1) is 0 Å². The minimum atomic E-state index is -0.416. The molecule has 1 aromatic heterocycles. The topological polar surface area (TPSA) is 37.8 Å². The Morgan fingerprint density at radius 3 is 2.64 bits per heavy atom. The van der Waals surface area contributed by atoms with Gasteiger partial charge < -0.3 is 0 Å². The SMILES string of the molecule is CC[C@@]1(C)c2[nH]n(-c3ccc(F)cc3Cl)c(=O)c2CC1(C)C. The molecule has 1 atom stereocenters. The maximum Gasteiger partial charge on any atom is 0.274 e. The van der Waals surface area contributed by atoms with Crippen molar-refractivity contribution in [1.29, 1.82) is 0 Å². The average molecular weight is 323 g/mol. The Morgan fingerprint density at radius 2 is 2.05 bits per heavy atom. The van der Waals surface area contributed by atoms with E-state index < -0.39 is 5.82 Å². The Balaban J connectivity index is 2.21. The van der Waals surface area contributed by atoms with Crippen molar-refractivity contribution in [1.82, 2.24) is 9.78 Å². The van der Waals surface area contributed by atoms with Gasteiger partial charge in [0.05, 0.1) is 10.7 Å². The van der Waals surface area contributed by atoms with Crippen molar-refractivity contribution in [2.24, 2.45) is 5.41 Å². The zero-order chi connectivity index (χ0) is 16.3. The molecular weight excluding hydrogens is 303 g/mol. The Morgan fingerprint density at radius 1 is 1.36 bits per heavy atom. The van der Waals surface area contributed by atoms with E-state index in [1.807, 2.05) is 0 Å². The number of hydrogen-bond acceptors (Lipinski definition) is 1. The van der Waals surface area contributed by atoms with Crippen LogP contribution in [0.3, 0.4) is 0 Å². The number of rotatable bonds is 2. The van der Waals surface area contributed by atoms with Crippen molar-refractivity contribution < 1.29 is 4.39 Å². The molecule has 3 rings (SSSR count). The predicted molar refractivity (Wildman–Crippen MR) is 86.5 cm³/mol. The number of benzene rings is 1. The molecule has 0 aliphatic heterocycles. The number of nitrogens with zero attached hydrogens (tertiary/aromatic N) is 1. The van der Waals surface area contributed by atoms with Gasteiger partial charge in [-0.1, -0.05) is 39.3 Å². The molecule has 0 saturated carbocycles. The van der Waals surface area contributed by atoms with Gasteiger partial charge in [0, 0.05) is 16.7 Å². The Kier molecular flexibility index (Phi) is 3.29. The van der Waals surface area contributed by atoms with E-state index in [1.165, 1.54) is 22.9 Å². The normalized spacial score (nSPS) is 22.8. The molecular formula is C17H20ClFN2O. The molecule has 0 saturated heterocycles. The molecule has 1 aliphatic carbocycles. The van der Waals surface area contributed by atoms with E-state index in [-0.39, 0.29) is 21.4 Å². The van der Waals surface area contributed by atoms with Gasteiger partial charge in [0.2, 0.25) is 0 Å². The lowest BCUT2D eigenvalue weighted by Gasteiger charge is -2.38. The van der Waals surface area contributed by atoms with Crippen LogP contribution in [0, 0.1) is 11.2 Å². The first-order chi connectivity index (χ1) is 10.2. The maximum atomic E-state index is 13.2. The van der Waals surface area contributed by atoms with E-state index >= 15 is 0 Å². The molecule has 0 radical (unpaired) electrons. The zero-order valence-corrected chi connectivity index (χ0v) is 14.0. The predicted octanol–water partition coefficient (Wildman–Crippen LogP) is 4.21. The number of fused-ring (bicyclic) bond motifs is 1. The van der Waals surface area contributed by atoms with E-state index in [2.05, 4.69) is 32.8 Å². The summed E-state index contributed by atoms with van der Waals surface area (Å²) in [5.41, 5.74) is 2.11. The van der Waals surface area contributed by atoms with Gasteiger partial charge in [0.25, 0.3) is 5.56 Å². The molecule has 0 amide bonds. The molecule has 118 valence electrons. The van der Waals surface area contributed by atoms with Crippen molar-refractivity contribution in [2.75, 3.05) is 0 Å². The van der Waals surface area contributed by atoms with E-state index in [1.54, 1.807) is 0 Å². The third kappa shape index (κ3) is 1.89. The summed E-state index contributed by atoms with van der Waals surface area (Å²) < 4.78 is 14.7. The number of halogens is 2. The second-order valence-corrected chi connectivity index (χ2v) is 7.36. The van der Waals surface area contributed by atoms with Crippen LogP contribution in [0.2, 0.25) is 5.02 Å². The number of aromatic amines is 1. The van der Waals surface area contributed by atoms with Gasteiger partial charge in [0.15, 0.2) is 0 Å². The Hall–Kier alpha value is -1.55. The van der Waals surface area contributed by atoms with Crippen molar-refractivity contribution >= 4 is 11.6 Å². The van der Waals surface area contributed by atoms with Gasteiger partial charge in [-0.05, 0) is 36.5 Å². The number of nitrogens with one attached hydrogen (secondary N) is 1. The summed E-state index contributed by atoms with van der Waals surface area (Å²) in [5.74, 6) is -0.416. The van der Waals surface area contributed by atoms with Gasteiger partial charge in [-0.25, -0.2) is 9.07 Å². The van der Waals surface area contributed by atoms with Crippen molar-refractivity contribution in [3.63, 3.8) is 0 Å². The number of hydrogen-bond donors (Lipinski definition) is 1. The summed E-state index contributed by atoms with van der Waals surface area (Å²) >= 11 is 6.10. The van der Waals surface area contributed by atoms with Crippen molar-refractivity contribution in [3.05, 3.63) is 50.7 Å². The molecule has 1 aliphatic rings. The van der Waals surface area contributed by atoms with Crippen LogP contribution in [-0.2, 0) is 11.8 Å². The van der Waals surface area contributed by atoms with Gasteiger partial charge >= 0.3 is 0 Å². The molecule has 5 heteroatoms. The van der Waals surface area contributed by atoms with Crippen LogP contribution >= 0.6 is 11.6 Å².